The van der Waals surface area contributed by atoms with Gasteiger partial charge in [-0.3, -0.25) is 4.79 Å². The van der Waals surface area contributed by atoms with E-state index in [4.69, 9.17) is 10.2 Å². The van der Waals surface area contributed by atoms with Crippen molar-refractivity contribution in [2.45, 2.75) is 12.8 Å². The van der Waals surface area contributed by atoms with Crippen molar-refractivity contribution in [2.24, 2.45) is 10.2 Å². The Morgan fingerprint density at radius 3 is 2.09 bits per heavy atom. The number of hydrogen-bond donors (Lipinski definition) is 3. The van der Waals surface area contributed by atoms with Crippen LogP contribution in [0.3, 0.4) is 0 Å². The van der Waals surface area contributed by atoms with Gasteiger partial charge in [-0.25, -0.2) is 4.79 Å². The minimum atomic E-state index is -1.26. The molecule has 118 valence electrons. The molecule has 0 bridgehead atoms. The van der Waals surface area contributed by atoms with Gasteiger partial charge in [-0.15, -0.1) is 0 Å². The molecule has 7 nitrogen and oxygen atoms in total. The Bertz CT molecular complexity index is 769. The predicted octanol–water partition coefficient (Wildman–Crippen LogP) is 3.69. The van der Waals surface area contributed by atoms with Crippen LogP contribution in [-0.4, -0.2) is 27.3 Å². The summed E-state index contributed by atoms with van der Waals surface area (Å²) in [5.74, 6) is -3.13. The SMILES string of the molecule is CC(C(=O)O)c1ccc(N=Nc2ccc(O)c(C(=O)O)c2)cc1. The first-order valence-corrected chi connectivity index (χ1v) is 6.69. The maximum absolute atomic E-state index is 10.9. The molecular formula is C16H14N2O5. The molecule has 0 radical (unpaired) electrons. The molecule has 2 aromatic rings. The van der Waals surface area contributed by atoms with Crippen LogP contribution >= 0.6 is 0 Å². The van der Waals surface area contributed by atoms with Gasteiger partial charge in [-0.05, 0) is 42.8 Å². The summed E-state index contributed by atoms with van der Waals surface area (Å²) in [5.41, 5.74) is 1.17. The van der Waals surface area contributed by atoms with E-state index in [-0.39, 0.29) is 17.0 Å². The number of aromatic carboxylic acids is 1. The van der Waals surface area contributed by atoms with Crippen LogP contribution in [0.2, 0.25) is 0 Å². The summed E-state index contributed by atoms with van der Waals surface area (Å²) in [6.45, 7) is 1.59. The predicted molar refractivity (Wildman–Crippen MR) is 81.7 cm³/mol. The lowest BCUT2D eigenvalue weighted by Gasteiger charge is -2.05. The van der Waals surface area contributed by atoms with Gasteiger partial charge in [0.15, 0.2) is 0 Å². The van der Waals surface area contributed by atoms with E-state index in [2.05, 4.69) is 10.2 Å². The quantitative estimate of drug-likeness (QED) is 0.727. The molecule has 0 saturated carbocycles. The average molecular weight is 314 g/mol. The number of azo groups is 1. The summed E-state index contributed by atoms with van der Waals surface area (Å²) in [7, 11) is 0. The number of carboxylic acids is 2. The van der Waals surface area contributed by atoms with Crippen LogP contribution in [0.15, 0.2) is 52.7 Å². The number of nitrogens with zero attached hydrogens (tertiary/aromatic N) is 2. The van der Waals surface area contributed by atoms with Crippen molar-refractivity contribution in [3.8, 4) is 5.75 Å². The first-order valence-electron chi connectivity index (χ1n) is 6.69. The maximum Gasteiger partial charge on any atom is 0.339 e. The van der Waals surface area contributed by atoms with Crippen molar-refractivity contribution in [3.05, 3.63) is 53.6 Å². The van der Waals surface area contributed by atoms with E-state index in [1.807, 2.05) is 0 Å². The Morgan fingerprint density at radius 2 is 1.52 bits per heavy atom. The van der Waals surface area contributed by atoms with E-state index in [0.29, 0.717) is 11.3 Å². The van der Waals surface area contributed by atoms with Crippen LogP contribution in [0, 0.1) is 0 Å². The topological polar surface area (TPSA) is 120 Å². The second-order valence-corrected chi connectivity index (χ2v) is 4.86. The van der Waals surface area contributed by atoms with Crippen molar-refractivity contribution in [1.82, 2.24) is 0 Å². The number of aromatic hydroxyl groups is 1. The van der Waals surface area contributed by atoms with Crippen LogP contribution in [0.25, 0.3) is 0 Å². The van der Waals surface area contributed by atoms with Gasteiger partial charge in [0.2, 0.25) is 0 Å². The Hall–Kier alpha value is -3.22. The summed E-state index contributed by atoms with van der Waals surface area (Å²) < 4.78 is 0. The highest BCUT2D eigenvalue weighted by molar-refractivity contribution is 5.91. The number of benzene rings is 2. The zero-order valence-electron chi connectivity index (χ0n) is 12.2. The van der Waals surface area contributed by atoms with E-state index in [1.165, 1.54) is 18.2 Å². The highest BCUT2D eigenvalue weighted by atomic mass is 16.4. The number of rotatable bonds is 5. The number of hydrogen-bond acceptors (Lipinski definition) is 5. The van der Waals surface area contributed by atoms with Crippen LogP contribution in [0.4, 0.5) is 11.4 Å². The Morgan fingerprint density at radius 1 is 0.957 bits per heavy atom. The molecule has 3 N–H and O–H groups in total. The van der Waals surface area contributed by atoms with Gasteiger partial charge in [0.05, 0.1) is 17.3 Å². The van der Waals surface area contributed by atoms with Crippen LogP contribution in [-0.2, 0) is 4.79 Å². The molecule has 2 rings (SSSR count). The monoisotopic (exact) mass is 314 g/mol. The molecule has 0 heterocycles. The molecule has 0 aliphatic carbocycles. The molecular weight excluding hydrogens is 300 g/mol. The molecule has 0 aromatic heterocycles. The molecule has 0 aliphatic rings. The van der Waals surface area contributed by atoms with Crippen molar-refractivity contribution in [2.75, 3.05) is 0 Å². The molecule has 23 heavy (non-hydrogen) atoms. The van der Waals surface area contributed by atoms with Gasteiger partial charge in [-0.1, -0.05) is 12.1 Å². The molecule has 1 atom stereocenters. The van der Waals surface area contributed by atoms with Gasteiger partial charge < -0.3 is 15.3 Å². The van der Waals surface area contributed by atoms with Crippen LogP contribution in [0.1, 0.15) is 28.8 Å². The second-order valence-electron chi connectivity index (χ2n) is 4.86. The fraction of sp³-hybridized carbons (Fsp3) is 0.125. The van der Waals surface area contributed by atoms with E-state index >= 15 is 0 Å². The molecule has 0 saturated heterocycles. The van der Waals surface area contributed by atoms with Gasteiger partial charge in [0.25, 0.3) is 0 Å². The molecule has 0 amide bonds. The first kappa shape index (κ1) is 16.2. The fourth-order valence-electron chi connectivity index (χ4n) is 1.85. The highest BCUT2D eigenvalue weighted by Gasteiger charge is 2.13. The lowest BCUT2D eigenvalue weighted by molar-refractivity contribution is -0.138. The summed E-state index contributed by atoms with van der Waals surface area (Å²) in [6, 6.07) is 10.4. The van der Waals surface area contributed by atoms with Gasteiger partial charge in [0.1, 0.15) is 11.3 Å². The highest BCUT2D eigenvalue weighted by Crippen LogP contribution is 2.26. The third-order valence-electron chi connectivity index (χ3n) is 3.25. The van der Waals surface area contributed by atoms with Crippen molar-refractivity contribution < 1.29 is 24.9 Å². The molecule has 0 spiro atoms. The maximum atomic E-state index is 10.9. The summed E-state index contributed by atoms with van der Waals surface area (Å²) in [5, 5.41) is 35.1. The van der Waals surface area contributed by atoms with Gasteiger partial charge in [-0.2, -0.15) is 10.2 Å². The standard InChI is InChI=1S/C16H14N2O5/c1-9(15(20)21)10-2-4-11(5-3-10)17-18-12-6-7-14(19)13(8-12)16(22)23/h2-9,19H,1H3,(H,20,21)(H,22,23). The zero-order chi connectivity index (χ0) is 17.0. The third-order valence-corrected chi connectivity index (χ3v) is 3.25. The molecule has 1 unspecified atom stereocenters. The number of phenols is 1. The van der Waals surface area contributed by atoms with E-state index < -0.39 is 17.9 Å². The normalized spacial score (nSPS) is 12.2. The lowest BCUT2D eigenvalue weighted by Crippen LogP contribution is -2.06. The van der Waals surface area contributed by atoms with Gasteiger partial charge >= 0.3 is 11.9 Å². The smallest absolute Gasteiger partial charge is 0.339 e. The third kappa shape index (κ3) is 3.91. The van der Waals surface area contributed by atoms with E-state index in [0.717, 1.165) is 0 Å². The Labute approximate surface area is 131 Å². The molecule has 2 aromatic carbocycles. The Kier molecular flexibility index (Phi) is 4.70. The number of carbonyl (C=O) groups is 2. The Balaban J connectivity index is 2.19. The summed E-state index contributed by atoms with van der Waals surface area (Å²) in [4.78, 5) is 21.8. The fourth-order valence-corrected chi connectivity index (χ4v) is 1.85. The van der Waals surface area contributed by atoms with Crippen molar-refractivity contribution in [3.63, 3.8) is 0 Å². The van der Waals surface area contributed by atoms with Crippen molar-refractivity contribution in [1.29, 1.82) is 0 Å². The molecule has 0 fully saturated rings. The van der Waals surface area contributed by atoms with Crippen LogP contribution < -0.4 is 0 Å². The van der Waals surface area contributed by atoms with Crippen LogP contribution in [0.5, 0.6) is 5.75 Å². The van der Waals surface area contributed by atoms with Crippen molar-refractivity contribution >= 4 is 23.3 Å². The second kappa shape index (κ2) is 6.69. The first-order chi connectivity index (χ1) is 10.9. The largest absolute Gasteiger partial charge is 0.507 e. The van der Waals surface area contributed by atoms with Gasteiger partial charge in [0, 0.05) is 0 Å². The van der Waals surface area contributed by atoms with E-state index in [9.17, 15) is 14.7 Å². The average Bonchev–Trinajstić information content (AvgIpc) is 2.53. The summed E-state index contributed by atoms with van der Waals surface area (Å²) >= 11 is 0. The number of carboxylic acid groups (broad SMARTS) is 2. The minimum absolute atomic E-state index is 0.257. The summed E-state index contributed by atoms with van der Waals surface area (Å²) in [6.07, 6.45) is 0. The molecule has 7 heteroatoms. The zero-order valence-corrected chi connectivity index (χ0v) is 12.2. The van der Waals surface area contributed by atoms with E-state index in [1.54, 1.807) is 31.2 Å². The molecule has 0 aliphatic heterocycles. The lowest BCUT2D eigenvalue weighted by atomic mass is 10.0. The number of aliphatic carboxylic acids is 1. The minimum Gasteiger partial charge on any atom is -0.507 e.